The minimum Gasteiger partial charge on any atom is -0.341 e. The normalized spacial score (nSPS) is 19.6. The van der Waals surface area contributed by atoms with Crippen molar-refractivity contribution in [3.63, 3.8) is 0 Å². The molecule has 0 unspecified atom stereocenters. The highest BCUT2D eigenvalue weighted by molar-refractivity contribution is 8.00. The van der Waals surface area contributed by atoms with Crippen LogP contribution in [0, 0.1) is 0 Å². The SMILES string of the molecule is C[C@@H](Sc1ccccc1Cl)C(=O)N1CCC[C@H](c2nn[nH]n2)C1. The topological polar surface area (TPSA) is 74.8 Å². The van der Waals surface area contributed by atoms with Crippen LogP contribution < -0.4 is 0 Å². The van der Waals surface area contributed by atoms with Crippen molar-refractivity contribution >= 4 is 29.3 Å². The Morgan fingerprint density at radius 1 is 1.48 bits per heavy atom. The molecule has 8 heteroatoms. The fraction of sp³-hybridized carbons (Fsp3) is 0.467. The summed E-state index contributed by atoms with van der Waals surface area (Å²) in [7, 11) is 0. The second-order valence-electron chi connectivity index (χ2n) is 5.58. The number of thioether (sulfide) groups is 1. The summed E-state index contributed by atoms with van der Waals surface area (Å²) < 4.78 is 0. The van der Waals surface area contributed by atoms with E-state index in [0.717, 1.165) is 24.3 Å². The van der Waals surface area contributed by atoms with Crippen LogP contribution in [0.25, 0.3) is 0 Å². The number of halogens is 1. The van der Waals surface area contributed by atoms with Gasteiger partial charge in [0.25, 0.3) is 0 Å². The zero-order valence-electron chi connectivity index (χ0n) is 12.8. The van der Waals surface area contributed by atoms with Gasteiger partial charge in [-0.15, -0.1) is 22.0 Å². The summed E-state index contributed by atoms with van der Waals surface area (Å²) in [6.45, 7) is 3.35. The van der Waals surface area contributed by atoms with E-state index in [1.165, 1.54) is 11.8 Å². The van der Waals surface area contributed by atoms with Crippen LogP contribution in [0.3, 0.4) is 0 Å². The molecule has 122 valence electrons. The lowest BCUT2D eigenvalue weighted by Crippen LogP contribution is -2.42. The number of rotatable bonds is 4. The van der Waals surface area contributed by atoms with Gasteiger partial charge >= 0.3 is 0 Å². The van der Waals surface area contributed by atoms with Gasteiger partial charge < -0.3 is 4.90 Å². The lowest BCUT2D eigenvalue weighted by Gasteiger charge is -2.33. The molecule has 0 bridgehead atoms. The van der Waals surface area contributed by atoms with Gasteiger partial charge in [0.05, 0.1) is 10.3 Å². The third-order valence-corrected chi connectivity index (χ3v) is 5.55. The van der Waals surface area contributed by atoms with E-state index in [1.54, 1.807) is 0 Å². The number of piperidine rings is 1. The van der Waals surface area contributed by atoms with Crippen LogP contribution in [-0.4, -0.2) is 49.8 Å². The Hall–Kier alpha value is -1.60. The Labute approximate surface area is 144 Å². The molecule has 1 aromatic heterocycles. The molecule has 2 aromatic rings. The number of aromatic nitrogens is 4. The lowest BCUT2D eigenvalue weighted by molar-refractivity contribution is -0.131. The van der Waals surface area contributed by atoms with E-state index in [2.05, 4.69) is 20.6 Å². The largest absolute Gasteiger partial charge is 0.341 e. The summed E-state index contributed by atoms with van der Waals surface area (Å²) in [5, 5.41) is 14.7. The highest BCUT2D eigenvalue weighted by atomic mass is 35.5. The number of hydrogen-bond donors (Lipinski definition) is 1. The van der Waals surface area contributed by atoms with E-state index in [4.69, 9.17) is 11.6 Å². The zero-order valence-corrected chi connectivity index (χ0v) is 14.3. The Balaban J connectivity index is 1.64. The first-order chi connectivity index (χ1) is 11.1. The van der Waals surface area contributed by atoms with Gasteiger partial charge in [0.2, 0.25) is 5.91 Å². The number of tetrazole rings is 1. The molecule has 1 N–H and O–H groups in total. The fourth-order valence-corrected chi connectivity index (χ4v) is 4.01. The first-order valence-electron chi connectivity index (χ1n) is 7.58. The number of benzene rings is 1. The van der Waals surface area contributed by atoms with E-state index in [1.807, 2.05) is 36.1 Å². The maximum absolute atomic E-state index is 12.7. The molecular weight excluding hydrogens is 334 g/mol. The number of nitrogens with zero attached hydrogens (tertiary/aromatic N) is 4. The van der Waals surface area contributed by atoms with Gasteiger partial charge in [-0.3, -0.25) is 4.79 Å². The van der Waals surface area contributed by atoms with Crippen molar-refractivity contribution in [2.24, 2.45) is 0 Å². The molecule has 1 saturated heterocycles. The number of amides is 1. The first kappa shape index (κ1) is 16.3. The van der Waals surface area contributed by atoms with Crippen LogP contribution in [0.15, 0.2) is 29.2 Å². The van der Waals surface area contributed by atoms with Crippen molar-refractivity contribution in [3.05, 3.63) is 35.1 Å². The van der Waals surface area contributed by atoms with Crippen molar-refractivity contribution < 1.29 is 4.79 Å². The standard InChI is InChI=1S/C15H18ClN5OS/c1-10(23-13-7-3-2-6-12(13)16)15(22)21-8-4-5-11(9-21)14-17-19-20-18-14/h2-3,6-7,10-11H,4-5,8-9H2,1H3,(H,17,18,19,20)/t10-,11+/m1/s1. The highest BCUT2D eigenvalue weighted by Crippen LogP contribution is 2.32. The average molecular weight is 352 g/mol. The van der Waals surface area contributed by atoms with Gasteiger partial charge in [0.1, 0.15) is 0 Å². The quantitative estimate of drug-likeness (QED) is 0.857. The predicted molar refractivity (Wildman–Crippen MR) is 89.5 cm³/mol. The number of hydrogen-bond acceptors (Lipinski definition) is 5. The minimum atomic E-state index is -0.182. The van der Waals surface area contributed by atoms with E-state index in [0.29, 0.717) is 17.4 Å². The van der Waals surface area contributed by atoms with Crippen LogP contribution in [-0.2, 0) is 4.79 Å². The van der Waals surface area contributed by atoms with Gasteiger partial charge in [-0.05, 0) is 31.9 Å². The van der Waals surface area contributed by atoms with Crippen LogP contribution in [0.5, 0.6) is 0 Å². The summed E-state index contributed by atoms with van der Waals surface area (Å²) in [6.07, 6.45) is 1.93. The number of nitrogens with one attached hydrogen (secondary N) is 1. The monoisotopic (exact) mass is 351 g/mol. The van der Waals surface area contributed by atoms with Crippen molar-refractivity contribution in [2.45, 2.75) is 35.8 Å². The van der Waals surface area contributed by atoms with E-state index < -0.39 is 0 Å². The van der Waals surface area contributed by atoms with Gasteiger partial charge in [-0.1, -0.05) is 28.9 Å². The zero-order chi connectivity index (χ0) is 16.2. The Morgan fingerprint density at radius 3 is 3.04 bits per heavy atom. The summed E-state index contributed by atoms with van der Waals surface area (Å²) in [4.78, 5) is 15.6. The number of carbonyl (C=O) groups is 1. The molecular formula is C15H18ClN5OS. The molecule has 0 aliphatic carbocycles. The molecule has 1 aliphatic heterocycles. The Kier molecular flexibility index (Phi) is 5.17. The number of H-pyrrole nitrogens is 1. The van der Waals surface area contributed by atoms with Crippen LogP contribution in [0.2, 0.25) is 5.02 Å². The van der Waals surface area contributed by atoms with Crippen LogP contribution >= 0.6 is 23.4 Å². The Morgan fingerprint density at radius 2 is 2.30 bits per heavy atom. The molecule has 3 rings (SSSR count). The van der Waals surface area contributed by atoms with Gasteiger partial charge in [-0.25, -0.2) is 0 Å². The minimum absolute atomic E-state index is 0.128. The average Bonchev–Trinajstić information content (AvgIpc) is 3.11. The van der Waals surface area contributed by atoms with Crippen LogP contribution in [0.1, 0.15) is 31.5 Å². The smallest absolute Gasteiger partial charge is 0.235 e. The summed E-state index contributed by atoms with van der Waals surface area (Å²) in [5.41, 5.74) is 0. The number of aromatic amines is 1. The second-order valence-corrected chi connectivity index (χ2v) is 7.37. The third kappa shape index (κ3) is 3.84. The van der Waals surface area contributed by atoms with E-state index in [-0.39, 0.29) is 17.1 Å². The van der Waals surface area contributed by atoms with Crippen molar-refractivity contribution in [3.8, 4) is 0 Å². The lowest BCUT2D eigenvalue weighted by atomic mass is 9.97. The maximum Gasteiger partial charge on any atom is 0.235 e. The highest BCUT2D eigenvalue weighted by Gasteiger charge is 2.30. The molecule has 1 fully saturated rings. The molecule has 1 aromatic carbocycles. The molecule has 2 atom stereocenters. The summed E-state index contributed by atoms with van der Waals surface area (Å²) in [6, 6.07) is 7.60. The third-order valence-electron chi connectivity index (χ3n) is 3.95. The van der Waals surface area contributed by atoms with E-state index >= 15 is 0 Å². The van der Waals surface area contributed by atoms with Gasteiger partial charge in [0.15, 0.2) is 5.82 Å². The van der Waals surface area contributed by atoms with Gasteiger partial charge in [0, 0.05) is 23.9 Å². The van der Waals surface area contributed by atoms with Crippen molar-refractivity contribution in [1.29, 1.82) is 0 Å². The van der Waals surface area contributed by atoms with Crippen molar-refractivity contribution in [1.82, 2.24) is 25.5 Å². The molecule has 1 aliphatic rings. The van der Waals surface area contributed by atoms with E-state index in [9.17, 15) is 4.79 Å². The van der Waals surface area contributed by atoms with Gasteiger partial charge in [-0.2, -0.15) is 5.21 Å². The summed E-state index contributed by atoms with van der Waals surface area (Å²) in [5.74, 6) is 0.973. The molecule has 2 heterocycles. The molecule has 1 amide bonds. The molecule has 0 spiro atoms. The summed E-state index contributed by atoms with van der Waals surface area (Å²) >= 11 is 7.67. The molecule has 0 radical (unpaired) electrons. The van der Waals surface area contributed by atoms with Crippen molar-refractivity contribution in [2.75, 3.05) is 13.1 Å². The molecule has 6 nitrogen and oxygen atoms in total. The molecule has 23 heavy (non-hydrogen) atoms. The first-order valence-corrected chi connectivity index (χ1v) is 8.84. The van der Waals surface area contributed by atoms with Crippen LogP contribution in [0.4, 0.5) is 0 Å². The second kappa shape index (κ2) is 7.31. The predicted octanol–water partition coefficient (Wildman–Crippen LogP) is 2.74. The number of likely N-dealkylation sites (tertiary alicyclic amines) is 1. The molecule has 0 saturated carbocycles. The Bertz CT molecular complexity index is 666. The fourth-order valence-electron chi connectivity index (χ4n) is 2.77. The number of carbonyl (C=O) groups excluding carboxylic acids is 1. The maximum atomic E-state index is 12.7.